The molecular weight excluding hydrogens is 598 g/mol. The number of nitrogens with zero attached hydrogens (tertiary/aromatic N) is 1. The van der Waals surface area contributed by atoms with Gasteiger partial charge in [0.15, 0.2) is 0 Å². The minimum absolute atomic E-state index is 0.983. The topological polar surface area (TPSA) is 12.9 Å². The molecule has 0 aliphatic heterocycles. The van der Waals surface area contributed by atoms with Crippen LogP contribution in [0, 0.1) is 6.92 Å². The Labute approximate surface area is 267 Å². The van der Waals surface area contributed by atoms with Gasteiger partial charge in [0.25, 0.3) is 0 Å². The van der Waals surface area contributed by atoms with Crippen molar-refractivity contribution in [2.24, 2.45) is 0 Å². The van der Waals surface area contributed by atoms with E-state index in [1.165, 1.54) is 55.6 Å². The molecule has 0 unspecified atom stereocenters. The molecule has 0 fully saturated rings. The summed E-state index contributed by atoms with van der Waals surface area (Å²) < 4.78 is 1.10. The van der Waals surface area contributed by atoms with E-state index in [0.29, 0.717) is 0 Å². The molecule has 0 spiro atoms. The van der Waals surface area contributed by atoms with Gasteiger partial charge in [-0.15, -0.1) is 0 Å². The summed E-state index contributed by atoms with van der Waals surface area (Å²) in [6.45, 7) is 2.16. The highest BCUT2D eigenvalue weighted by molar-refractivity contribution is 9.10. The van der Waals surface area contributed by atoms with Crippen molar-refractivity contribution in [2.75, 3.05) is 0 Å². The maximum atomic E-state index is 4.84. The number of aryl methyl sites for hydroxylation is 1. The molecule has 210 valence electrons. The van der Waals surface area contributed by atoms with Gasteiger partial charge in [-0.3, -0.25) is 4.98 Å². The minimum Gasteiger partial charge on any atom is -0.256 e. The Kier molecular flexibility index (Phi) is 7.75. The van der Waals surface area contributed by atoms with Gasteiger partial charge in [-0.25, -0.2) is 0 Å². The molecule has 0 aliphatic rings. The van der Waals surface area contributed by atoms with Crippen molar-refractivity contribution in [3.8, 4) is 66.9 Å². The summed E-state index contributed by atoms with van der Waals surface area (Å²) in [4.78, 5) is 4.84. The second kappa shape index (κ2) is 12.3. The summed E-state index contributed by atoms with van der Waals surface area (Å²) >= 11 is 3.66. The van der Waals surface area contributed by atoms with Crippen LogP contribution in [0.25, 0.3) is 66.9 Å². The molecule has 0 radical (unpaired) electrons. The lowest BCUT2D eigenvalue weighted by Crippen LogP contribution is -1.90. The third-order valence-corrected chi connectivity index (χ3v) is 8.91. The Hall–Kier alpha value is -5.05. The summed E-state index contributed by atoms with van der Waals surface area (Å²) in [5.74, 6) is 0. The summed E-state index contributed by atoms with van der Waals surface area (Å²) in [7, 11) is 0. The van der Waals surface area contributed by atoms with E-state index in [2.05, 4.69) is 175 Å². The van der Waals surface area contributed by atoms with Crippen LogP contribution < -0.4 is 0 Å². The van der Waals surface area contributed by atoms with Crippen molar-refractivity contribution in [1.29, 1.82) is 0 Å². The van der Waals surface area contributed by atoms with Crippen molar-refractivity contribution >= 4 is 15.9 Å². The number of rotatable bonds is 6. The van der Waals surface area contributed by atoms with E-state index in [4.69, 9.17) is 4.98 Å². The van der Waals surface area contributed by atoms with Crippen molar-refractivity contribution in [3.05, 3.63) is 174 Å². The molecule has 0 atom stereocenters. The van der Waals surface area contributed by atoms with E-state index in [0.717, 1.165) is 21.3 Å². The van der Waals surface area contributed by atoms with E-state index >= 15 is 0 Å². The average Bonchev–Trinajstić information content (AvgIpc) is 3.09. The molecule has 1 heterocycles. The Morgan fingerprint density at radius 2 is 0.773 bits per heavy atom. The average molecular weight is 629 g/mol. The molecule has 7 aromatic rings. The number of hydrogen-bond donors (Lipinski definition) is 0. The quantitative estimate of drug-likeness (QED) is 0.179. The van der Waals surface area contributed by atoms with Crippen LogP contribution in [0.5, 0.6) is 0 Å². The van der Waals surface area contributed by atoms with Crippen molar-refractivity contribution in [2.45, 2.75) is 6.92 Å². The van der Waals surface area contributed by atoms with Gasteiger partial charge in [-0.1, -0.05) is 162 Å². The molecular formula is C42H30BrN. The summed E-state index contributed by atoms with van der Waals surface area (Å²) in [5.41, 5.74) is 15.3. The van der Waals surface area contributed by atoms with E-state index in [9.17, 15) is 0 Å². The molecule has 1 nitrogen and oxygen atoms in total. The molecule has 44 heavy (non-hydrogen) atoms. The standard InChI is InChI=1S/C42H30BrN/c1-29-27-42(38-25-23-36(24-26-38)39-9-5-6-10-41(39)43)44-28-40(29)37-21-19-35(20-22-37)34-17-15-33(16-18-34)32-13-11-31(12-14-32)30-7-3-2-4-8-30/h2-28H,1H3. The number of pyridine rings is 1. The third-order valence-electron chi connectivity index (χ3n) is 8.22. The zero-order valence-electron chi connectivity index (χ0n) is 24.4. The molecule has 0 bridgehead atoms. The first-order chi connectivity index (χ1) is 21.6. The van der Waals surface area contributed by atoms with E-state index < -0.39 is 0 Å². The maximum absolute atomic E-state index is 4.84. The maximum Gasteiger partial charge on any atom is 0.0705 e. The first kappa shape index (κ1) is 27.8. The van der Waals surface area contributed by atoms with Crippen molar-refractivity contribution in [1.82, 2.24) is 4.98 Å². The van der Waals surface area contributed by atoms with Crippen LogP contribution in [0.4, 0.5) is 0 Å². The van der Waals surface area contributed by atoms with Gasteiger partial charge in [0, 0.05) is 21.8 Å². The van der Waals surface area contributed by atoms with Crippen LogP contribution in [0.1, 0.15) is 5.56 Å². The van der Waals surface area contributed by atoms with Gasteiger partial charge in [-0.2, -0.15) is 0 Å². The van der Waals surface area contributed by atoms with Crippen LogP contribution in [0.3, 0.4) is 0 Å². The van der Waals surface area contributed by atoms with E-state index in [1.54, 1.807) is 0 Å². The largest absolute Gasteiger partial charge is 0.256 e. The first-order valence-corrected chi connectivity index (χ1v) is 15.6. The highest BCUT2D eigenvalue weighted by Crippen LogP contribution is 2.33. The fourth-order valence-corrected chi connectivity index (χ4v) is 6.23. The Balaban J connectivity index is 1.06. The number of hydrogen-bond acceptors (Lipinski definition) is 1. The van der Waals surface area contributed by atoms with Gasteiger partial charge < -0.3 is 0 Å². The van der Waals surface area contributed by atoms with E-state index in [1.807, 2.05) is 12.3 Å². The molecule has 7 rings (SSSR count). The summed E-state index contributed by atoms with van der Waals surface area (Å²) in [6.07, 6.45) is 2.00. The highest BCUT2D eigenvalue weighted by Gasteiger charge is 2.09. The second-order valence-electron chi connectivity index (χ2n) is 11.0. The smallest absolute Gasteiger partial charge is 0.0705 e. The molecule has 1 aromatic heterocycles. The zero-order valence-corrected chi connectivity index (χ0v) is 26.0. The predicted molar refractivity (Wildman–Crippen MR) is 189 cm³/mol. The third kappa shape index (κ3) is 5.77. The Morgan fingerprint density at radius 3 is 1.25 bits per heavy atom. The molecule has 0 saturated carbocycles. The lowest BCUT2D eigenvalue weighted by Gasteiger charge is -2.11. The minimum atomic E-state index is 0.983. The monoisotopic (exact) mass is 627 g/mol. The molecule has 2 heteroatoms. The Bertz CT molecular complexity index is 2030. The lowest BCUT2D eigenvalue weighted by atomic mass is 9.96. The van der Waals surface area contributed by atoms with Gasteiger partial charge in [-0.05, 0) is 74.7 Å². The first-order valence-electron chi connectivity index (χ1n) is 14.8. The summed E-state index contributed by atoms with van der Waals surface area (Å²) in [6, 6.07) is 56.0. The van der Waals surface area contributed by atoms with Crippen molar-refractivity contribution < 1.29 is 0 Å². The zero-order chi connectivity index (χ0) is 29.9. The molecule has 6 aromatic carbocycles. The van der Waals surface area contributed by atoms with E-state index in [-0.39, 0.29) is 0 Å². The number of aromatic nitrogens is 1. The molecule has 0 amide bonds. The fourth-order valence-electron chi connectivity index (χ4n) is 5.72. The van der Waals surface area contributed by atoms with Gasteiger partial charge in [0.05, 0.1) is 5.69 Å². The molecule has 0 aliphatic carbocycles. The SMILES string of the molecule is Cc1cc(-c2ccc(-c3ccccc3Br)cc2)ncc1-c1ccc(-c2ccc(-c3ccc(-c4ccccc4)cc3)cc2)cc1. The van der Waals surface area contributed by atoms with Crippen LogP contribution in [0.2, 0.25) is 0 Å². The van der Waals surface area contributed by atoms with Crippen LogP contribution >= 0.6 is 15.9 Å². The van der Waals surface area contributed by atoms with Gasteiger partial charge in [0.1, 0.15) is 0 Å². The summed E-state index contributed by atoms with van der Waals surface area (Å²) in [5, 5.41) is 0. The molecule has 0 saturated heterocycles. The normalized spacial score (nSPS) is 11.0. The molecule has 0 N–H and O–H groups in total. The number of halogens is 1. The van der Waals surface area contributed by atoms with Crippen molar-refractivity contribution in [3.63, 3.8) is 0 Å². The van der Waals surface area contributed by atoms with Crippen LogP contribution in [-0.4, -0.2) is 4.98 Å². The van der Waals surface area contributed by atoms with Gasteiger partial charge in [0.2, 0.25) is 0 Å². The Morgan fingerprint density at radius 1 is 0.386 bits per heavy atom. The predicted octanol–water partition coefficient (Wildman–Crippen LogP) is 12.2. The lowest BCUT2D eigenvalue weighted by molar-refractivity contribution is 1.29. The highest BCUT2D eigenvalue weighted by atomic mass is 79.9. The second-order valence-corrected chi connectivity index (χ2v) is 11.9. The van der Waals surface area contributed by atoms with Gasteiger partial charge >= 0.3 is 0 Å². The van der Waals surface area contributed by atoms with Crippen LogP contribution in [-0.2, 0) is 0 Å². The van der Waals surface area contributed by atoms with Crippen LogP contribution in [0.15, 0.2) is 168 Å². The number of benzene rings is 6. The fraction of sp³-hybridized carbons (Fsp3) is 0.0238.